The second-order valence-corrected chi connectivity index (χ2v) is 9.66. The first-order valence-corrected chi connectivity index (χ1v) is 13.2. The fourth-order valence-corrected chi connectivity index (χ4v) is 5.27. The van der Waals surface area contributed by atoms with Gasteiger partial charge >= 0.3 is 9.28 Å². The molecule has 1 aliphatic heterocycles. The second-order valence-electron chi connectivity index (χ2n) is 7.56. The van der Waals surface area contributed by atoms with E-state index in [9.17, 15) is 9.59 Å². The summed E-state index contributed by atoms with van der Waals surface area (Å²) in [5.74, 6) is -0.402. The Morgan fingerprint density at radius 1 is 0.714 bits per heavy atom. The predicted molar refractivity (Wildman–Crippen MR) is 113 cm³/mol. The van der Waals surface area contributed by atoms with Crippen LogP contribution in [0.4, 0.5) is 0 Å². The van der Waals surface area contributed by atoms with Gasteiger partial charge in [-0.25, -0.2) is 0 Å². The van der Waals surface area contributed by atoms with E-state index in [1.807, 2.05) is 0 Å². The van der Waals surface area contributed by atoms with E-state index in [0.29, 0.717) is 19.4 Å². The van der Waals surface area contributed by atoms with Crippen molar-refractivity contribution in [2.75, 3.05) is 19.8 Å². The van der Waals surface area contributed by atoms with Crippen molar-refractivity contribution in [2.24, 2.45) is 0 Å². The van der Waals surface area contributed by atoms with Gasteiger partial charge in [0.1, 0.15) is 0 Å². The summed E-state index contributed by atoms with van der Waals surface area (Å²) < 4.78 is 11.8. The van der Waals surface area contributed by atoms with Crippen LogP contribution in [0.2, 0.25) is 6.04 Å². The smallest absolute Gasteiger partial charge is 0.321 e. The van der Waals surface area contributed by atoms with Gasteiger partial charge in [-0.15, -0.1) is 0 Å². The van der Waals surface area contributed by atoms with Crippen molar-refractivity contribution in [1.29, 1.82) is 0 Å². The molecule has 0 aromatic rings. The quantitative estimate of drug-likeness (QED) is 0.174. The summed E-state index contributed by atoms with van der Waals surface area (Å²) in [6, 6.07) is 1.14. The third-order valence-electron chi connectivity index (χ3n) is 4.83. The number of amides is 2. The van der Waals surface area contributed by atoms with E-state index >= 15 is 0 Å². The summed E-state index contributed by atoms with van der Waals surface area (Å²) in [4.78, 5) is 28.1. The monoisotopic (exact) mass is 415 g/mol. The summed E-state index contributed by atoms with van der Waals surface area (Å²) >= 11 is 0. The van der Waals surface area contributed by atoms with Crippen molar-refractivity contribution < 1.29 is 23.3 Å². The molecule has 0 unspecified atom stereocenters. The van der Waals surface area contributed by atoms with Crippen LogP contribution in [0.3, 0.4) is 0 Å². The van der Waals surface area contributed by atoms with Gasteiger partial charge in [0.25, 0.3) is 11.8 Å². The molecule has 0 aromatic carbocycles. The Kier molecular flexibility index (Phi) is 15.5. The molecule has 0 radical (unpaired) electrons. The summed E-state index contributed by atoms with van der Waals surface area (Å²) in [6.45, 7) is 6.44. The standard InChI is InChI=1S/C21H41NO5Si/c1-3-16-26-28(27-17-4-2)19-13-11-9-7-5-6-8-10-12-18-25-22-20(23)14-15-21(22)24/h28H,3-19H2,1-2H3. The molecule has 1 rings (SSSR count). The highest BCUT2D eigenvalue weighted by molar-refractivity contribution is 6.44. The molecule has 0 spiro atoms. The molecule has 0 atom stereocenters. The Hall–Kier alpha value is -0.763. The topological polar surface area (TPSA) is 65.1 Å². The zero-order valence-corrected chi connectivity index (χ0v) is 19.2. The molecule has 164 valence electrons. The molecule has 0 aromatic heterocycles. The predicted octanol–water partition coefficient (Wildman–Crippen LogP) is 4.65. The maximum absolute atomic E-state index is 11.4. The lowest BCUT2D eigenvalue weighted by molar-refractivity contribution is -0.187. The highest BCUT2D eigenvalue weighted by Crippen LogP contribution is 2.14. The Morgan fingerprint density at radius 2 is 1.18 bits per heavy atom. The van der Waals surface area contributed by atoms with Crippen LogP contribution < -0.4 is 0 Å². The lowest BCUT2D eigenvalue weighted by Crippen LogP contribution is -2.29. The molecule has 1 heterocycles. The highest BCUT2D eigenvalue weighted by Gasteiger charge is 2.29. The fourth-order valence-electron chi connectivity index (χ4n) is 3.22. The Bertz CT molecular complexity index is 398. The van der Waals surface area contributed by atoms with Crippen molar-refractivity contribution in [3.63, 3.8) is 0 Å². The van der Waals surface area contributed by atoms with Crippen LogP contribution in [-0.2, 0) is 23.3 Å². The van der Waals surface area contributed by atoms with Crippen LogP contribution in [0.15, 0.2) is 0 Å². The zero-order valence-electron chi connectivity index (χ0n) is 18.1. The van der Waals surface area contributed by atoms with E-state index in [0.717, 1.165) is 50.0 Å². The summed E-state index contributed by atoms with van der Waals surface area (Å²) in [5.41, 5.74) is 0. The van der Waals surface area contributed by atoms with Crippen molar-refractivity contribution in [2.45, 2.75) is 103 Å². The van der Waals surface area contributed by atoms with Gasteiger partial charge in [0.2, 0.25) is 0 Å². The third kappa shape index (κ3) is 11.9. The van der Waals surface area contributed by atoms with E-state index < -0.39 is 9.28 Å². The average Bonchev–Trinajstić information content (AvgIpc) is 3.02. The maximum atomic E-state index is 11.4. The normalized spacial score (nSPS) is 14.6. The molecule has 6 nitrogen and oxygen atoms in total. The van der Waals surface area contributed by atoms with E-state index in [2.05, 4.69) is 13.8 Å². The Balaban J connectivity index is 1.86. The van der Waals surface area contributed by atoms with Crippen molar-refractivity contribution in [3.05, 3.63) is 0 Å². The summed E-state index contributed by atoms with van der Waals surface area (Å²) in [6.07, 6.45) is 13.5. The minimum atomic E-state index is -1.42. The molecule has 7 heteroatoms. The molecule has 0 aliphatic carbocycles. The number of hydroxylamine groups is 2. The molecule has 28 heavy (non-hydrogen) atoms. The van der Waals surface area contributed by atoms with Crippen molar-refractivity contribution in [3.8, 4) is 0 Å². The first-order chi connectivity index (χ1) is 13.7. The van der Waals surface area contributed by atoms with Crippen LogP contribution >= 0.6 is 0 Å². The van der Waals surface area contributed by atoms with E-state index in [4.69, 9.17) is 13.7 Å². The first-order valence-electron chi connectivity index (χ1n) is 11.4. The van der Waals surface area contributed by atoms with Gasteiger partial charge in [0.15, 0.2) is 0 Å². The molecule has 1 saturated heterocycles. The minimum Gasteiger partial charge on any atom is -0.397 e. The lowest BCUT2D eigenvalue weighted by Gasteiger charge is -2.16. The zero-order chi connectivity index (χ0) is 20.5. The van der Waals surface area contributed by atoms with Crippen LogP contribution in [0.5, 0.6) is 0 Å². The van der Waals surface area contributed by atoms with Crippen LogP contribution in [0, 0.1) is 0 Å². The van der Waals surface area contributed by atoms with Crippen LogP contribution in [0.1, 0.15) is 97.3 Å². The largest absolute Gasteiger partial charge is 0.397 e. The van der Waals surface area contributed by atoms with Crippen LogP contribution in [-0.4, -0.2) is 46.0 Å². The number of hydrogen-bond donors (Lipinski definition) is 0. The molecule has 0 saturated carbocycles. The summed E-state index contributed by atoms with van der Waals surface area (Å²) in [5, 5.41) is 0.952. The van der Waals surface area contributed by atoms with E-state index in [1.54, 1.807) is 0 Å². The van der Waals surface area contributed by atoms with Gasteiger partial charge < -0.3 is 8.85 Å². The molecular weight excluding hydrogens is 374 g/mol. The van der Waals surface area contributed by atoms with Gasteiger partial charge in [0, 0.05) is 26.1 Å². The van der Waals surface area contributed by atoms with Gasteiger partial charge in [-0.05, 0) is 25.3 Å². The van der Waals surface area contributed by atoms with E-state index in [1.165, 1.54) is 44.9 Å². The van der Waals surface area contributed by atoms with Gasteiger partial charge in [-0.3, -0.25) is 14.4 Å². The highest BCUT2D eigenvalue weighted by atomic mass is 28.3. The first kappa shape index (κ1) is 25.3. The second kappa shape index (κ2) is 17.1. The van der Waals surface area contributed by atoms with Gasteiger partial charge in [-0.1, -0.05) is 65.2 Å². The molecule has 0 N–H and O–H groups in total. The van der Waals surface area contributed by atoms with Crippen molar-refractivity contribution >= 4 is 21.1 Å². The van der Waals surface area contributed by atoms with Gasteiger partial charge in [-0.2, -0.15) is 5.06 Å². The summed E-state index contributed by atoms with van der Waals surface area (Å²) in [7, 11) is -1.42. The van der Waals surface area contributed by atoms with Crippen LogP contribution in [0.25, 0.3) is 0 Å². The Labute approximate surface area is 173 Å². The fraction of sp³-hybridized carbons (Fsp3) is 0.905. The van der Waals surface area contributed by atoms with Gasteiger partial charge in [0.05, 0.1) is 6.61 Å². The van der Waals surface area contributed by atoms with Crippen molar-refractivity contribution in [1.82, 2.24) is 5.06 Å². The Morgan fingerprint density at radius 3 is 1.68 bits per heavy atom. The number of hydrogen-bond acceptors (Lipinski definition) is 5. The number of unbranched alkanes of at least 4 members (excludes halogenated alkanes) is 8. The minimum absolute atomic E-state index is 0.201. The molecular formula is C21H41NO5Si. The SMILES string of the molecule is CCCO[SiH](CCCCCCCCCCCON1C(=O)CCC1=O)OCCC. The number of rotatable bonds is 19. The average molecular weight is 416 g/mol. The van der Waals surface area contributed by atoms with E-state index in [-0.39, 0.29) is 11.8 Å². The molecule has 0 bridgehead atoms. The maximum Gasteiger partial charge on any atom is 0.321 e. The lowest BCUT2D eigenvalue weighted by atomic mass is 10.1. The number of imide groups is 1. The number of nitrogens with zero attached hydrogens (tertiary/aromatic N) is 1. The number of carbonyl (C=O) groups excluding carboxylic acids is 2. The third-order valence-corrected chi connectivity index (χ3v) is 6.92. The molecule has 1 aliphatic rings. The molecule has 1 fully saturated rings. The number of carbonyl (C=O) groups is 2. The molecule has 2 amide bonds.